The van der Waals surface area contributed by atoms with Gasteiger partial charge in [-0.25, -0.2) is 4.98 Å². The summed E-state index contributed by atoms with van der Waals surface area (Å²) in [7, 11) is 0. The van der Waals surface area contributed by atoms with E-state index >= 15 is 0 Å². The van der Waals surface area contributed by atoms with Gasteiger partial charge in [0, 0.05) is 41.8 Å². The van der Waals surface area contributed by atoms with Gasteiger partial charge in [-0.05, 0) is 55.3 Å². The maximum atomic E-state index is 11.1. The lowest BCUT2D eigenvalue weighted by Crippen LogP contribution is -2.45. The first kappa shape index (κ1) is 19.5. The van der Waals surface area contributed by atoms with Crippen LogP contribution < -0.4 is 4.90 Å². The largest absolute Gasteiger partial charge is 0.481 e. The number of halogens is 2. The molecule has 0 spiro atoms. The third-order valence-electron chi connectivity index (χ3n) is 5.77. The maximum Gasteiger partial charge on any atom is 0.306 e. The van der Waals surface area contributed by atoms with E-state index in [0.717, 1.165) is 72.6 Å². The molecular formula is C21H23Cl2N3O2. The highest BCUT2D eigenvalue weighted by Gasteiger charge is 2.32. The molecule has 0 unspecified atom stereocenters. The van der Waals surface area contributed by atoms with Gasteiger partial charge in [-0.3, -0.25) is 9.69 Å². The predicted molar refractivity (Wildman–Crippen MR) is 111 cm³/mol. The molecule has 5 nitrogen and oxygen atoms in total. The van der Waals surface area contributed by atoms with Crippen LogP contribution in [0.15, 0.2) is 36.5 Å². The van der Waals surface area contributed by atoms with E-state index in [1.54, 1.807) is 0 Å². The molecule has 0 amide bonds. The number of carboxylic acid groups (broad SMARTS) is 1. The minimum atomic E-state index is -0.670. The molecule has 7 heteroatoms. The van der Waals surface area contributed by atoms with Crippen molar-refractivity contribution in [2.45, 2.75) is 25.3 Å². The van der Waals surface area contributed by atoms with Gasteiger partial charge < -0.3 is 10.0 Å². The normalized spacial score (nSPS) is 18.9. The summed E-state index contributed by atoms with van der Waals surface area (Å²) in [4.78, 5) is 20.2. The second-order valence-corrected chi connectivity index (χ2v) is 8.46. The van der Waals surface area contributed by atoms with E-state index in [0.29, 0.717) is 5.92 Å². The predicted octanol–water partition coefficient (Wildman–Crippen LogP) is 4.29. The van der Waals surface area contributed by atoms with Crippen LogP contribution in [0.5, 0.6) is 0 Å². The van der Waals surface area contributed by atoms with Gasteiger partial charge in [0.05, 0.1) is 5.92 Å². The first-order valence-electron chi connectivity index (χ1n) is 9.60. The van der Waals surface area contributed by atoms with E-state index in [9.17, 15) is 4.79 Å². The SMILES string of the molecule is O=C(O)C1CCN(Cc2ccc(N3CC(c4c(Cl)cccc4Cl)C3)nc2)CC1. The quantitative estimate of drug-likeness (QED) is 0.782. The van der Waals surface area contributed by atoms with Crippen LogP contribution in [-0.4, -0.2) is 47.1 Å². The van der Waals surface area contributed by atoms with Crippen molar-refractivity contribution in [2.75, 3.05) is 31.1 Å². The Morgan fingerprint density at radius 3 is 2.36 bits per heavy atom. The van der Waals surface area contributed by atoms with Crippen molar-refractivity contribution in [3.8, 4) is 0 Å². The zero-order chi connectivity index (χ0) is 19.7. The Labute approximate surface area is 174 Å². The topological polar surface area (TPSA) is 56.7 Å². The van der Waals surface area contributed by atoms with Gasteiger partial charge in [-0.15, -0.1) is 0 Å². The molecule has 2 fully saturated rings. The van der Waals surface area contributed by atoms with E-state index in [2.05, 4.69) is 26.9 Å². The van der Waals surface area contributed by atoms with E-state index in [1.165, 1.54) is 0 Å². The Hall–Kier alpha value is -1.82. The van der Waals surface area contributed by atoms with Gasteiger partial charge in [0.1, 0.15) is 5.82 Å². The summed E-state index contributed by atoms with van der Waals surface area (Å²) in [5, 5.41) is 10.6. The number of piperidine rings is 1. The summed E-state index contributed by atoms with van der Waals surface area (Å²) >= 11 is 12.6. The molecule has 148 valence electrons. The average molecular weight is 420 g/mol. The molecule has 1 aromatic carbocycles. The molecule has 2 saturated heterocycles. The number of hydrogen-bond donors (Lipinski definition) is 1. The highest BCUT2D eigenvalue weighted by atomic mass is 35.5. The number of benzene rings is 1. The monoisotopic (exact) mass is 419 g/mol. The van der Waals surface area contributed by atoms with E-state index < -0.39 is 5.97 Å². The second-order valence-electron chi connectivity index (χ2n) is 7.65. The van der Waals surface area contributed by atoms with Crippen LogP contribution in [0.3, 0.4) is 0 Å². The van der Waals surface area contributed by atoms with Crippen molar-refractivity contribution in [1.82, 2.24) is 9.88 Å². The molecule has 1 N–H and O–H groups in total. The van der Waals surface area contributed by atoms with Gasteiger partial charge in [0.15, 0.2) is 0 Å². The van der Waals surface area contributed by atoms with Crippen molar-refractivity contribution in [2.24, 2.45) is 5.92 Å². The number of hydrogen-bond acceptors (Lipinski definition) is 4. The third-order valence-corrected chi connectivity index (χ3v) is 6.42. The Balaban J connectivity index is 1.31. The van der Waals surface area contributed by atoms with Crippen LogP contribution in [0, 0.1) is 5.92 Å². The van der Waals surface area contributed by atoms with Crippen molar-refractivity contribution >= 4 is 35.0 Å². The van der Waals surface area contributed by atoms with E-state index in [1.807, 2.05) is 24.4 Å². The van der Waals surface area contributed by atoms with Crippen LogP contribution in [-0.2, 0) is 11.3 Å². The number of aliphatic carboxylic acids is 1. The lowest BCUT2D eigenvalue weighted by Gasteiger charge is -2.41. The van der Waals surface area contributed by atoms with Crippen LogP contribution >= 0.6 is 23.2 Å². The lowest BCUT2D eigenvalue weighted by molar-refractivity contribution is -0.143. The minimum Gasteiger partial charge on any atom is -0.481 e. The first-order valence-corrected chi connectivity index (χ1v) is 10.4. The number of carbonyl (C=O) groups is 1. The molecular weight excluding hydrogens is 397 g/mol. The summed E-state index contributed by atoms with van der Waals surface area (Å²) in [6.07, 6.45) is 3.37. The maximum absolute atomic E-state index is 11.1. The van der Waals surface area contributed by atoms with Gasteiger partial charge in [0.2, 0.25) is 0 Å². The summed E-state index contributed by atoms with van der Waals surface area (Å²) in [6, 6.07) is 9.82. The van der Waals surface area contributed by atoms with Crippen molar-refractivity contribution in [3.05, 3.63) is 57.7 Å². The minimum absolute atomic E-state index is 0.192. The summed E-state index contributed by atoms with van der Waals surface area (Å²) < 4.78 is 0. The van der Waals surface area contributed by atoms with Crippen molar-refractivity contribution < 1.29 is 9.90 Å². The third kappa shape index (κ3) is 4.12. The van der Waals surface area contributed by atoms with Gasteiger partial charge in [-0.1, -0.05) is 35.3 Å². The Morgan fingerprint density at radius 1 is 1.11 bits per heavy atom. The number of aromatic nitrogens is 1. The number of rotatable bonds is 5. The number of pyridine rings is 1. The van der Waals surface area contributed by atoms with E-state index in [4.69, 9.17) is 28.3 Å². The van der Waals surface area contributed by atoms with Crippen LogP contribution in [0.2, 0.25) is 10.0 Å². The van der Waals surface area contributed by atoms with Crippen molar-refractivity contribution in [3.63, 3.8) is 0 Å². The van der Waals surface area contributed by atoms with Crippen LogP contribution in [0.25, 0.3) is 0 Å². The van der Waals surface area contributed by atoms with Crippen LogP contribution in [0.4, 0.5) is 5.82 Å². The zero-order valence-electron chi connectivity index (χ0n) is 15.5. The molecule has 0 aliphatic carbocycles. The molecule has 3 heterocycles. The molecule has 0 saturated carbocycles. The molecule has 0 bridgehead atoms. The summed E-state index contributed by atoms with van der Waals surface area (Å²) in [5.74, 6) is 0.435. The van der Waals surface area contributed by atoms with Gasteiger partial charge in [0.25, 0.3) is 0 Å². The standard InChI is InChI=1S/C21H23Cl2N3O2/c22-17-2-1-3-18(23)20(17)16-12-26(13-16)19-5-4-14(10-24-19)11-25-8-6-15(7-9-25)21(27)28/h1-5,10,15-16H,6-9,11-13H2,(H,27,28). The first-order chi connectivity index (χ1) is 13.5. The fourth-order valence-electron chi connectivity index (χ4n) is 4.04. The molecule has 0 radical (unpaired) electrons. The number of carboxylic acids is 1. The number of likely N-dealkylation sites (tertiary alicyclic amines) is 1. The molecule has 0 atom stereocenters. The highest BCUT2D eigenvalue weighted by Crippen LogP contribution is 2.38. The number of nitrogens with zero attached hydrogens (tertiary/aromatic N) is 3. The Kier molecular flexibility index (Phi) is 5.76. The molecule has 28 heavy (non-hydrogen) atoms. The molecule has 2 aliphatic heterocycles. The van der Waals surface area contributed by atoms with Crippen LogP contribution in [0.1, 0.15) is 29.9 Å². The number of anilines is 1. The molecule has 2 aromatic rings. The van der Waals surface area contributed by atoms with Gasteiger partial charge >= 0.3 is 5.97 Å². The smallest absolute Gasteiger partial charge is 0.306 e. The Bertz CT molecular complexity index is 825. The molecule has 2 aliphatic rings. The average Bonchev–Trinajstić information content (AvgIpc) is 2.64. The Morgan fingerprint density at radius 2 is 1.79 bits per heavy atom. The van der Waals surface area contributed by atoms with E-state index in [-0.39, 0.29) is 5.92 Å². The fraction of sp³-hybridized carbons (Fsp3) is 0.429. The molecule has 1 aromatic heterocycles. The highest BCUT2D eigenvalue weighted by molar-refractivity contribution is 6.36. The second kappa shape index (κ2) is 8.27. The zero-order valence-corrected chi connectivity index (χ0v) is 17.0. The lowest BCUT2D eigenvalue weighted by atomic mass is 9.91. The molecule has 4 rings (SSSR count). The fourth-order valence-corrected chi connectivity index (χ4v) is 4.75. The van der Waals surface area contributed by atoms with Gasteiger partial charge in [-0.2, -0.15) is 0 Å². The summed E-state index contributed by atoms with van der Waals surface area (Å²) in [6.45, 7) is 4.19. The van der Waals surface area contributed by atoms with Crippen molar-refractivity contribution in [1.29, 1.82) is 0 Å². The summed E-state index contributed by atoms with van der Waals surface area (Å²) in [5.41, 5.74) is 2.19.